The van der Waals surface area contributed by atoms with Crippen molar-refractivity contribution < 1.29 is 22.7 Å². The zero-order chi connectivity index (χ0) is 24.1. The van der Waals surface area contributed by atoms with Crippen LogP contribution in [0.25, 0.3) is 11.1 Å². The Kier molecular flexibility index (Phi) is 6.53. The third-order valence-electron chi connectivity index (χ3n) is 4.91. The summed E-state index contributed by atoms with van der Waals surface area (Å²) in [5, 5.41) is 9.08. The van der Waals surface area contributed by atoms with Crippen molar-refractivity contribution in [2.24, 2.45) is 0 Å². The maximum absolute atomic E-state index is 13.1. The zero-order valence-corrected chi connectivity index (χ0v) is 17.9. The molecule has 1 amide bonds. The Balaban J connectivity index is 1.38. The Morgan fingerprint density at radius 2 is 1.74 bits per heavy atom. The van der Waals surface area contributed by atoms with E-state index < -0.39 is 23.5 Å². The van der Waals surface area contributed by atoms with Crippen LogP contribution in [0.2, 0.25) is 0 Å². The number of hydrogen-bond acceptors (Lipinski definition) is 6. The van der Waals surface area contributed by atoms with Gasteiger partial charge in [-0.3, -0.25) is 9.89 Å². The Labute approximate surface area is 192 Å². The van der Waals surface area contributed by atoms with Gasteiger partial charge in [-0.15, -0.1) is 0 Å². The number of carbonyl (C=O) groups excluding carboxylic acids is 1. The lowest BCUT2D eigenvalue weighted by molar-refractivity contribution is -0.139. The number of carbonyl (C=O) groups is 1. The molecule has 0 bridgehead atoms. The molecule has 11 heteroatoms. The highest BCUT2D eigenvalue weighted by Gasteiger charge is 2.35. The van der Waals surface area contributed by atoms with E-state index in [1.54, 1.807) is 36.9 Å². The smallest absolute Gasteiger partial charge is 0.421 e. The zero-order valence-electron chi connectivity index (χ0n) is 17.9. The lowest BCUT2D eigenvalue weighted by atomic mass is 10.0. The number of methoxy groups -OCH3 is 1. The fraction of sp³-hybridized carbons (Fsp3) is 0.174. The van der Waals surface area contributed by atoms with E-state index in [1.807, 2.05) is 12.1 Å². The first-order valence-electron chi connectivity index (χ1n) is 10.1. The van der Waals surface area contributed by atoms with Gasteiger partial charge in [0.2, 0.25) is 11.8 Å². The van der Waals surface area contributed by atoms with Crippen molar-refractivity contribution in [2.75, 3.05) is 12.4 Å². The molecule has 34 heavy (non-hydrogen) atoms. The van der Waals surface area contributed by atoms with E-state index in [9.17, 15) is 18.0 Å². The molecular formula is C23H19F3N6O2. The molecule has 1 aromatic carbocycles. The van der Waals surface area contributed by atoms with Gasteiger partial charge in [-0.2, -0.15) is 18.3 Å². The standard InChI is InChI=1S/C23H19F3N6O2/c1-34-22-19(23(24,25)26)8-18(13-29-22)32-21(33)7-14-2-4-16(5-3-14)17-11-27-20(28-12-17)6-15-9-30-31-10-15/h2-5,8-13H,6-7H2,1H3,(H,30,31)(H,32,33). The first kappa shape index (κ1) is 22.9. The number of aromatic nitrogens is 5. The van der Waals surface area contributed by atoms with Gasteiger partial charge in [0, 0.05) is 30.6 Å². The molecule has 0 saturated heterocycles. The van der Waals surface area contributed by atoms with Crippen LogP contribution in [0.1, 0.15) is 22.5 Å². The minimum Gasteiger partial charge on any atom is -0.481 e. The second-order valence-corrected chi connectivity index (χ2v) is 7.37. The van der Waals surface area contributed by atoms with Gasteiger partial charge < -0.3 is 10.1 Å². The first-order chi connectivity index (χ1) is 16.3. The molecule has 174 valence electrons. The van der Waals surface area contributed by atoms with Crippen LogP contribution >= 0.6 is 0 Å². The molecule has 0 fully saturated rings. The summed E-state index contributed by atoms with van der Waals surface area (Å²) in [5.74, 6) is -0.362. The molecular weight excluding hydrogens is 449 g/mol. The van der Waals surface area contributed by atoms with Gasteiger partial charge in [0.15, 0.2) is 0 Å². The molecule has 3 heterocycles. The molecule has 0 spiro atoms. The van der Waals surface area contributed by atoms with E-state index >= 15 is 0 Å². The second-order valence-electron chi connectivity index (χ2n) is 7.37. The van der Waals surface area contributed by atoms with E-state index in [2.05, 4.69) is 35.2 Å². The fourth-order valence-electron chi connectivity index (χ4n) is 3.24. The van der Waals surface area contributed by atoms with Crippen LogP contribution in [0.5, 0.6) is 5.88 Å². The topological polar surface area (TPSA) is 106 Å². The first-order valence-corrected chi connectivity index (χ1v) is 10.1. The molecule has 0 aliphatic heterocycles. The summed E-state index contributed by atoms with van der Waals surface area (Å²) >= 11 is 0. The molecule has 0 saturated carbocycles. The number of H-pyrrole nitrogens is 1. The highest BCUT2D eigenvalue weighted by Crippen LogP contribution is 2.36. The largest absolute Gasteiger partial charge is 0.481 e. The summed E-state index contributed by atoms with van der Waals surface area (Å²) in [4.78, 5) is 24.7. The number of aromatic amines is 1. The van der Waals surface area contributed by atoms with E-state index in [4.69, 9.17) is 0 Å². The van der Waals surface area contributed by atoms with E-state index in [0.717, 1.165) is 36.1 Å². The predicted octanol–water partition coefficient (Wildman–Crippen LogP) is 4.06. The van der Waals surface area contributed by atoms with Crippen LogP contribution in [0, 0.1) is 0 Å². The molecule has 0 atom stereocenters. The van der Waals surface area contributed by atoms with Gasteiger partial charge >= 0.3 is 6.18 Å². The van der Waals surface area contributed by atoms with Crippen molar-refractivity contribution in [3.63, 3.8) is 0 Å². The average molecular weight is 468 g/mol. The quantitative estimate of drug-likeness (QED) is 0.424. The van der Waals surface area contributed by atoms with Crippen LogP contribution in [-0.4, -0.2) is 38.2 Å². The summed E-state index contributed by atoms with van der Waals surface area (Å²) in [5.41, 5.74) is 2.23. The number of pyridine rings is 1. The van der Waals surface area contributed by atoms with Crippen molar-refractivity contribution in [1.29, 1.82) is 0 Å². The number of rotatable bonds is 7. The van der Waals surface area contributed by atoms with Crippen molar-refractivity contribution >= 4 is 11.6 Å². The summed E-state index contributed by atoms with van der Waals surface area (Å²) < 4.78 is 44.1. The van der Waals surface area contributed by atoms with Crippen molar-refractivity contribution in [3.8, 4) is 17.0 Å². The van der Waals surface area contributed by atoms with Gasteiger partial charge in [0.05, 0.1) is 31.6 Å². The number of alkyl halides is 3. The second kappa shape index (κ2) is 9.69. The van der Waals surface area contributed by atoms with Crippen molar-refractivity contribution in [2.45, 2.75) is 19.0 Å². The van der Waals surface area contributed by atoms with Crippen molar-refractivity contribution in [3.05, 3.63) is 83.8 Å². The highest BCUT2D eigenvalue weighted by molar-refractivity contribution is 5.92. The Morgan fingerprint density at radius 1 is 1.00 bits per heavy atom. The molecule has 0 radical (unpaired) electrons. The number of ether oxygens (including phenoxy) is 1. The van der Waals surface area contributed by atoms with E-state index in [1.165, 1.54) is 0 Å². The van der Waals surface area contributed by atoms with Crippen LogP contribution in [0.3, 0.4) is 0 Å². The van der Waals surface area contributed by atoms with E-state index in [-0.39, 0.29) is 12.1 Å². The summed E-state index contributed by atoms with van der Waals surface area (Å²) in [7, 11) is 1.10. The molecule has 4 aromatic rings. The molecule has 8 nitrogen and oxygen atoms in total. The van der Waals surface area contributed by atoms with Gasteiger partial charge in [-0.25, -0.2) is 15.0 Å². The Bertz CT molecular complexity index is 1260. The normalized spacial score (nSPS) is 11.3. The Hall–Kier alpha value is -4.28. The van der Waals surface area contributed by atoms with Gasteiger partial charge in [-0.1, -0.05) is 24.3 Å². The van der Waals surface area contributed by atoms with Gasteiger partial charge in [-0.05, 0) is 22.8 Å². The fourth-order valence-corrected chi connectivity index (χ4v) is 3.24. The average Bonchev–Trinajstić information content (AvgIpc) is 3.32. The maximum Gasteiger partial charge on any atom is 0.421 e. The predicted molar refractivity (Wildman–Crippen MR) is 117 cm³/mol. The number of benzene rings is 1. The minimum atomic E-state index is -4.66. The van der Waals surface area contributed by atoms with Crippen LogP contribution in [0.4, 0.5) is 18.9 Å². The molecule has 0 unspecified atom stereocenters. The lowest BCUT2D eigenvalue weighted by Crippen LogP contribution is -2.16. The van der Waals surface area contributed by atoms with Crippen LogP contribution in [-0.2, 0) is 23.8 Å². The van der Waals surface area contributed by atoms with Crippen LogP contribution < -0.4 is 10.1 Å². The monoisotopic (exact) mass is 468 g/mol. The SMILES string of the molecule is COc1ncc(NC(=O)Cc2ccc(-c3cnc(Cc4cn[nH]c4)nc3)cc2)cc1C(F)(F)F. The number of halogens is 3. The summed E-state index contributed by atoms with van der Waals surface area (Å²) in [6.07, 6.45) is 3.95. The third-order valence-corrected chi connectivity index (χ3v) is 4.91. The highest BCUT2D eigenvalue weighted by atomic mass is 19.4. The third kappa shape index (κ3) is 5.55. The molecule has 4 rings (SSSR count). The molecule has 2 N–H and O–H groups in total. The number of anilines is 1. The summed E-state index contributed by atoms with van der Waals surface area (Å²) in [6.45, 7) is 0. The van der Waals surface area contributed by atoms with E-state index in [0.29, 0.717) is 17.8 Å². The van der Waals surface area contributed by atoms with Gasteiger partial charge in [0.1, 0.15) is 11.4 Å². The van der Waals surface area contributed by atoms with Crippen LogP contribution in [0.15, 0.2) is 61.3 Å². The number of nitrogens with one attached hydrogen (secondary N) is 2. The van der Waals surface area contributed by atoms with Gasteiger partial charge in [0.25, 0.3) is 0 Å². The maximum atomic E-state index is 13.1. The molecule has 0 aliphatic carbocycles. The number of nitrogens with zero attached hydrogens (tertiary/aromatic N) is 4. The molecule has 3 aromatic heterocycles. The number of hydrogen-bond donors (Lipinski definition) is 2. The molecule has 0 aliphatic rings. The minimum absolute atomic E-state index is 0.0200. The Morgan fingerprint density at radius 3 is 2.35 bits per heavy atom. The number of amides is 1. The lowest BCUT2D eigenvalue weighted by Gasteiger charge is -2.13. The van der Waals surface area contributed by atoms with Crippen molar-refractivity contribution in [1.82, 2.24) is 25.1 Å². The summed E-state index contributed by atoms with van der Waals surface area (Å²) in [6, 6.07) is 7.98.